The molecule has 3 atom stereocenters. The van der Waals surface area contributed by atoms with Crippen LogP contribution in [0.3, 0.4) is 0 Å². The Morgan fingerprint density at radius 1 is 1.16 bits per heavy atom. The minimum Gasteiger partial charge on any atom is -0.378 e. The molecule has 1 aliphatic carbocycles. The zero-order valence-corrected chi connectivity index (χ0v) is 15.5. The second kappa shape index (κ2) is 8.68. The molecule has 1 amide bonds. The molecule has 2 N–H and O–H groups in total. The first kappa shape index (κ1) is 18.2. The lowest BCUT2D eigenvalue weighted by Gasteiger charge is -2.34. The minimum atomic E-state index is 0.0320. The van der Waals surface area contributed by atoms with E-state index in [0.29, 0.717) is 18.5 Å². The van der Waals surface area contributed by atoms with Crippen LogP contribution < -0.4 is 15.5 Å². The Hall–Kier alpha value is -1.59. The van der Waals surface area contributed by atoms with Gasteiger partial charge in [-0.15, -0.1) is 0 Å². The summed E-state index contributed by atoms with van der Waals surface area (Å²) in [6.07, 6.45) is 3.74. The zero-order valence-electron chi connectivity index (χ0n) is 15.5. The quantitative estimate of drug-likeness (QED) is 0.862. The lowest BCUT2D eigenvalue weighted by Crippen LogP contribution is -2.43. The molecule has 3 rings (SSSR count). The van der Waals surface area contributed by atoms with E-state index in [-0.39, 0.29) is 5.91 Å². The predicted molar refractivity (Wildman–Crippen MR) is 102 cm³/mol. The van der Waals surface area contributed by atoms with Crippen molar-refractivity contribution in [2.45, 2.75) is 39.2 Å². The van der Waals surface area contributed by atoms with Gasteiger partial charge in [-0.25, -0.2) is 0 Å². The summed E-state index contributed by atoms with van der Waals surface area (Å²) in [4.78, 5) is 14.5. The lowest BCUT2D eigenvalue weighted by molar-refractivity contribution is -0.115. The second-order valence-electron chi connectivity index (χ2n) is 7.45. The third kappa shape index (κ3) is 4.95. The van der Waals surface area contributed by atoms with Crippen molar-refractivity contribution in [3.8, 4) is 0 Å². The van der Waals surface area contributed by atoms with Crippen LogP contribution in [0.5, 0.6) is 0 Å². The largest absolute Gasteiger partial charge is 0.378 e. The van der Waals surface area contributed by atoms with Gasteiger partial charge in [-0.05, 0) is 42.5 Å². The molecular formula is C20H31N3O2. The number of morpholine rings is 1. The molecule has 1 aromatic carbocycles. The molecule has 0 radical (unpaired) electrons. The molecule has 1 saturated heterocycles. The van der Waals surface area contributed by atoms with Gasteiger partial charge in [0, 0.05) is 30.5 Å². The van der Waals surface area contributed by atoms with Crippen molar-refractivity contribution in [1.29, 1.82) is 0 Å². The molecule has 0 aromatic heterocycles. The third-order valence-electron chi connectivity index (χ3n) is 5.76. The number of carbonyl (C=O) groups excluding carboxylic acids is 1. The van der Waals surface area contributed by atoms with Gasteiger partial charge in [-0.3, -0.25) is 4.79 Å². The van der Waals surface area contributed by atoms with E-state index < -0.39 is 0 Å². The number of nitrogens with one attached hydrogen (secondary N) is 2. The Labute approximate surface area is 151 Å². The molecule has 5 heteroatoms. The van der Waals surface area contributed by atoms with Crippen LogP contribution in [0.25, 0.3) is 0 Å². The summed E-state index contributed by atoms with van der Waals surface area (Å²) >= 11 is 0. The van der Waals surface area contributed by atoms with Gasteiger partial charge >= 0.3 is 0 Å². The molecule has 1 aliphatic heterocycles. The van der Waals surface area contributed by atoms with Crippen LogP contribution in [-0.4, -0.2) is 44.8 Å². The van der Waals surface area contributed by atoms with Crippen molar-refractivity contribution in [2.75, 3.05) is 43.1 Å². The fourth-order valence-electron chi connectivity index (χ4n) is 3.88. The molecule has 138 valence electrons. The zero-order chi connectivity index (χ0) is 17.6. The Kier molecular flexibility index (Phi) is 6.32. The van der Waals surface area contributed by atoms with Crippen molar-refractivity contribution >= 4 is 17.3 Å². The maximum atomic E-state index is 12.2. The average molecular weight is 345 g/mol. The molecule has 25 heavy (non-hydrogen) atoms. The Balaban J connectivity index is 1.46. The number of carbonyl (C=O) groups is 1. The van der Waals surface area contributed by atoms with Crippen molar-refractivity contribution in [1.82, 2.24) is 5.32 Å². The molecule has 0 spiro atoms. The van der Waals surface area contributed by atoms with Crippen LogP contribution in [0.4, 0.5) is 11.4 Å². The first-order chi connectivity index (χ1) is 12.1. The Morgan fingerprint density at radius 2 is 1.88 bits per heavy atom. The minimum absolute atomic E-state index is 0.0320. The SMILES string of the molecule is C[C@@H]1[C@@H](C)CCC[C@H]1NCC(=O)Nc1ccc(N2CCOCC2)cc1. The van der Waals surface area contributed by atoms with Crippen molar-refractivity contribution in [2.24, 2.45) is 11.8 Å². The number of hydrogen-bond donors (Lipinski definition) is 2. The van der Waals surface area contributed by atoms with Crippen LogP contribution in [-0.2, 0) is 9.53 Å². The fraction of sp³-hybridized carbons (Fsp3) is 0.650. The van der Waals surface area contributed by atoms with Crippen LogP contribution >= 0.6 is 0 Å². The number of benzene rings is 1. The van der Waals surface area contributed by atoms with E-state index >= 15 is 0 Å². The molecule has 1 saturated carbocycles. The van der Waals surface area contributed by atoms with Gasteiger partial charge < -0.3 is 20.3 Å². The highest BCUT2D eigenvalue weighted by molar-refractivity contribution is 5.92. The van der Waals surface area contributed by atoms with Crippen LogP contribution in [0, 0.1) is 11.8 Å². The highest BCUT2D eigenvalue weighted by atomic mass is 16.5. The average Bonchev–Trinajstić information content (AvgIpc) is 2.64. The molecule has 2 fully saturated rings. The molecule has 0 unspecified atom stereocenters. The number of ether oxygens (including phenoxy) is 1. The van der Waals surface area contributed by atoms with Gasteiger partial charge in [0.2, 0.25) is 5.91 Å². The normalized spacial score (nSPS) is 27.1. The van der Waals surface area contributed by atoms with Crippen LogP contribution in [0.1, 0.15) is 33.1 Å². The summed E-state index contributed by atoms with van der Waals surface area (Å²) < 4.78 is 5.38. The van der Waals surface area contributed by atoms with E-state index in [2.05, 4.69) is 41.5 Å². The van der Waals surface area contributed by atoms with Crippen LogP contribution in [0.15, 0.2) is 24.3 Å². The van der Waals surface area contributed by atoms with Gasteiger partial charge in [0.05, 0.1) is 19.8 Å². The standard InChI is InChI=1S/C20H31N3O2/c1-15-4-3-5-19(16(15)2)21-14-20(24)22-17-6-8-18(9-7-17)23-10-12-25-13-11-23/h6-9,15-16,19,21H,3-5,10-14H2,1-2H3,(H,22,24)/t15-,16+,19+/m0/s1. The molecular weight excluding hydrogens is 314 g/mol. The fourth-order valence-corrected chi connectivity index (χ4v) is 3.88. The summed E-state index contributed by atoms with van der Waals surface area (Å²) in [6, 6.07) is 8.55. The topological polar surface area (TPSA) is 53.6 Å². The van der Waals surface area contributed by atoms with Crippen molar-refractivity contribution in [3.63, 3.8) is 0 Å². The first-order valence-corrected chi connectivity index (χ1v) is 9.59. The first-order valence-electron chi connectivity index (χ1n) is 9.59. The highest BCUT2D eigenvalue weighted by Crippen LogP contribution is 2.29. The number of rotatable bonds is 5. The Morgan fingerprint density at radius 3 is 2.60 bits per heavy atom. The van der Waals surface area contributed by atoms with E-state index in [1.54, 1.807) is 0 Å². The molecule has 5 nitrogen and oxygen atoms in total. The van der Waals surface area contributed by atoms with E-state index in [4.69, 9.17) is 4.74 Å². The summed E-state index contributed by atoms with van der Waals surface area (Å²) in [5, 5.41) is 6.44. The van der Waals surface area contributed by atoms with E-state index in [1.165, 1.54) is 24.9 Å². The van der Waals surface area contributed by atoms with Crippen molar-refractivity contribution in [3.05, 3.63) is 24.3 Å². The molecule has 1 aromatic rings. The summed E-state index contributed by atoms with van der Waals surface area (Å²) in [7, 11) is 0. The number of hydrogen-bond acceptors (Lipinski definition) is 4. The summed E-state index contributed by atoms with van der Waals surface area (Å²) in [5.41, 5.74) is 2.04. The van der Waals surface area contributed by atoms with E-state index in [0.717, 1.165) is 37.9 Å². The highest BCUT2D eigenvalue weighted by Gasteiger charge is 2.26. The predicted octanol–water partition coefficient (Wildman–Crippen LogP) is 2.88. The lowest BCUT2D eigenvalue weighted by atomic mass is 9.78. The van der Waals surface area contributed by atoms with E-state index in [1.807, 2.05) is 12.1 Å². The van der Waals surface area contributed by atoms with Gasteiger partial charge in [0.15, 0.2) is 0 Å². The van der Waals surface area contributed by atoms with Gasteiger partial charge in [-0.1, -0.05) is 26.7 Å². The maximum Gasteiger partial charge on any atom is 0.238 e. The van der Waals surface area contributed by atoms with Gasteiger partial charge in [0.1, 0.15) is 0 Å². The number of amides is 1. The van der Waals surface area contributed by atoms with E-state index in [9.17, 15) is 4.79 Å². The van der Waals surface area contributed by atoms with Crippen molar-refractivity contribution < 1.29 is 9.53 Å². The third-order valence-corrected chi connectivity index (χ3v) is 5.76. The van der Waals surface area contributed by atoms with Gasteiger partial charge in [0.25, 0.3) is 0 Å². The number of nitrogens with zero attached hydrogens (tertiary/aromatic N) is 1. The monoisotopic (exact) mass is 345 g/mol. The second-order valence-corrected chi connectivity index (χ2v) is 7.45. The summed E-state index contributed by atoms with van der Waals surface area (Å²) in [5.74, 6) is 1.40. The molecule has 0 bridgehead atoms. The summed E-state index contributed by atoms with van der Waals surface area (Å²) in [6.45, 7) is 8.40. The van der Waals surface area contributed by atoms with Crippen LogP contribution in [0.2, 0.25) is 0 Å². The smallest absolute Gasteiger partial charge is 0.238 e. The maximum absolute atomic E-state index is 12.2. The Bertz CT molecular complexity index is 555. The number of anilines is 2. The van der Waals surface area contributed by atoms with Gasteiger partial charge in [-0.2, -0.15) is 0 Å². The molecule has 1 heterocycles. The molecule has 2 aliphatic rings.